The number of fused-ring (bicyclic) bond motifs is 5. The molecule has 1 unspecified atom stereocenters. The topological polar surface area (TPSA) is 91.6 Å². The Morgan fingerprint density at radius 3 is 2.70 bits per heavy atom. The van der Waals surface area contributed by atoms with Crippen LogP contribution >= 0.6 is 0 Å². The molecule has 2 fully saturated rings. The fourth-order valence-corrected chi connectivity index (χ4v) is 4.42. The van der Waals surface area contributed by atoms with E-state index < -0.39 is 17.2 Å². The fourth-order valence-electron chi connectivity index (χ4n) is 4.42. The van der Waals surface area contributed by atoms with Gasteiger partial charge in [0.1, 0.15) is 11.4 Å². The highest BCUT2D eigenvalue weighted by atomic mass is 19.1. The molecule has 1 aromatic heterocycles. The summed E-state index contributed by atoms with van der Waals surface area (Å²) in [5.74, 6) is -2.15. The minimum atomic E-state index is -1.34. The van der Waals surface area contributed by atoms with Crippen molar-refractivity contribution in [2.24, 2.45) is 0 Å². The number of aromatic carboxylic acids is 1. The predicted octanol–water partition coefficient (Wildman–Crippen LogP) is 2.48. The molecule has 0 bridgehead atoms. The SMILES string of the molecule is O=C1CC2CCCN2c2c(F)cc3c(=O)c(C(=O)O)cn(C4CC4)c3c2N1. The van der Waals surface area contributed by atoms with Gasteiger partial charge in [0.25, 0.3) is 0 Å². The Morgan fingerprint density at radius 2 is 2.00 bits per heavy atom. The largest absolute Gasteiger partial charge is 0.477 e. The standard InChI is InChI=1S/C19H18FN3O4/c20-13-7-11-16(23(9-3-4-9)8-12(18(11)25)19(26)27)15-17(13)22-5-1-2-10(22)6-14(24)21-15/h7-10H,1-6H2,(H,21,24)(H,26,27). The van der Waals surface area contributed by atoms with Crippen LogP contribution in [0.15, 0.2) is 17.1 Å². The molecule has 0 radical (unpaired) electrons. The summed E-state index contributed by atoms with van der Waals surface area (Å²) in [7, 11) is 0. The first-order valence-corrected chi connectivity index (χ1v) is 9.17. The maximum absolute atomic E-state index is 15.1. The van der Waals surface area contributed by atoms with Crippen molar-refractivity contribution < 1.29 is 19.1 Å². The molecule has 1 saturated carbocycles. The van der Waals surface area contributed by atoms with E-state index in [9.17, 15) is 19.5 Å². The number of carboxylic acid groups (broad SMARTS) is 1. The van der Waals surface area contributed by atoms with Crippen LogP contribution in [-0.2, 0) is 4.79 Å². The van der Waals surface area contributed by atoms with Crippen LogP contribution in [0, 0.1) is 5.82 Å². The van der Waals surface area contributed by atoms with Crippen LogP contribution in [0.5, 0.6) is 0 Å². The van der Waals surface area contributed by atoms with E-state index in [4.69, 9.17) is 0 Å². The summed E-state index contributed by atoms with van der Waals surface area (Å²) in [4.78, 5) is 38.6. The highest BCUT2D eigenvalue weighted by molar-refractivity contribution is 6.08. The zero-order valence-corrected chi connectivity index (χ0v) is 14.5. The average molecular weight is 371 g/mol. The van der Waals surface area contributed by atoms with Gasteiger partial charge in [-0.15, -0.1) is 0 Å². The smallest absolute Gasteiger partial charge is 0.341 e. The van der Waals surface area contributed by atoms with E-state index in [2.05, 4.69) is 5.32 Å². The number of carbonyl (C=O) groups excluding carboxylic acids is 1. The molecule has 8 heteroatoms. The third kappa shape index (κ3) is 2.35. The van der Waals surface area contributed by atoms with Crippen molar-refractivity contribution in [1.29, 1.82) is 0 Å². The van der Waals surface area contributed by atoms with Crippen LogP contribution in [0.4, 0.5) is 15.8 Å². The second-order valence-corrected chi connectivity index (χ2v) is 7.54. The number of hydrogen-bond donors (Lipinski definition) is 2. The average Bonchev–Trinajstić information content (AvgIpc) is 3.38. The van der Waals surface area contributed by atoms with Crippen molar-refractivity contribution in [1.82, 2.24) is 4.57 Å². The van der Waals surface area contributed by atoms with Gasteiger partial charge in [-0.2, -0.15) is 0 Å². The second kappa shape index (κ2) is 5.55. The molecule has 27 heavy (non-hydrogen) atoms. The first-order valence-electron chi connectivity index (χ1n) is 9.17. The minimum absolute atomic E-state index is 0.00371. The molecule has 140 valence electrons. The van der Waals surface area contributed by atoms with Crippen molar-refractivity contribution >= 4 is 34.2 Å². The molecule has 2 aromatic rings. The number of halogens is 1. The number of nitrogens with one attached hydrogen (secondary N) is 1. The van der Waals surface area contributed by atoms with E-state index in [0.717, 1.165) is 31.7 Å². The third-order valence-corrected chi connectivity index (χ3v) is 5.76. The van der Waals surface area contributed by atoms with Crippen LogP contribution < -0.4 is 15.6 Å². The van der Waals surface area contributed by atoms with Gasteiger partial charge in [-0.25, -0.2) is 9.18 Å². The maximum atomic E-state index is 15.1. The monoisotopic (exact) mass is 371 g/mol. The maximum Gasteiger partial charge on any atom is 0.341 e. The first-order chi connectivity index (χ1) is 13.0. The minimum Gasteiger partial charge on any atom is -0.477 e. The van der Waals surface area contributed by atoms with E-state index in [-0.39, 0.29) is 35.4 Å². The molecule has 0 spiro atoms. The summed E-state index contributed by atoms with van der Waals surface area (Å²) in [6.07, 6.45) is 5.00. The molecule has 3 heterocycles. The second-order valence-electron chi connectivity index (χ2n) is 7.54. The molecule has 3 aliphatic rings. The molecule has 1 amide bonds. The number of hydrogen-bond acceptors (Lipinski definition) is 4. The summed E-state index contributed by atoms with van der Waals surface area (Å²) in [5.41, 5.74) is -0.0850. The fraction of sp³-hybridized carbons (Fsp3) is 0.421. The molecule has 7 nitrogen and oxygen atoms in total. The first kappa shape index (κ1) is 16.3. The van der Waals surface area contributed by atoms with Gasteiger partial charge in [0.05, 0.1) is 22.3 Å². The quantitative estimate of drug-likeness (QED) is 0.846. The van der Waals surface area contributed by atoms with Crippen LogP contribution in [-0.4, -0.2) is 34.1 Å². The lowest BCUT2D eigenvalue weighted by atomic mass is 10.1. The summed E-state index contributed by atoms with van der Waals surface area (Å²) < 4.78 is 16.9. The van der Waals surface area contributed by atoms with Crippen LogP contribution in [0.3, 0.4) is 0 Å². The summed E-state index contributed by atoms with van der Waals surface area (Å²) in [5, 5.41) is 12.2. The van der Waals surface area contributed by atoms with E-state index >= 15 is 4.39 Å². The van der Waals surface area contributed by atoms with E-state index in [1.54, 1.807) is 4.57 Å². The molecule has 1 aromatic carbocycles. The lowest BCUT2D eigenvalue weighted by molar-refractivity contribution is -0.116. The van der Waals surface area contributed by atoms with Crippen LogP contribution in [0.1, 0.15) is 48.5 Å². The van der Waals surface area contributed by atoms with Gasteiger partial charge in [-0.3, -0.25) is 9.59 Å². The number of aromatic nitrogens is 1. The Hall–Kier alpha value is -2.90. The van der Waals surface area contributed by atoms with Crippen LogP contribution in [0.2, 0.25) is 0 Å². The van der Waals surface area contributed by atoms with E-state index in [1.807, 2.05) is 4.90 Å². The predicted molar refractivity (Wildman–Crippen MR) is 97.0 cm³/mol. The van der Waals surface area contributed by atoms with Gasteiger partial charge in [0.15, 0.2) is 0 Å². The Kier molecular flexibility index (Phi) is 3.35. The molecule has 1 aliphatic carbocycles. The third-order valence-electron chi connectivity index (χ3n) is 5.76. The van der Waals surface area contributed by atoms with Crippen LogP contribution in [0.25, 0.3) is 10.9 Å². The summed E-state index contributed by atoms with van der Waals surface area (Å²) in [6, 6.07) is 1.13. The Bertz CT molecular complexity index is 1070. The van der Waals surface area contributed by atoms with Gasteiger partial charge in [-0.05, 0) is 31.7 Å². The zero-order chi connectivity index (χ0) is 18.9. The molecule has 2 aliphatic heterocycles. The number of rotatable bonds is 2. The number of carboxylic acids is 1. The Morgan fingerprint density at radius 1 is 1.22 bits per heavy atom. The Balaban J connectivity index is 1.90. The summed E-state index contributed by atoms with van der Waals surface area (Å²) in [6.45, 7) is 0.649. The molecule has 1 atom stereocenters. The van der Waals surface area contributed by atoms with Crippen molar-refractivity contribution in [3.05, 3.63) is 33.9 Å². The number of carbonyl (C=O) groups is 2. The number of nitrogens with zero attached hydrogens (tertiary/aromatic N) is 2. The number of pyridine rings is 1. The lowest BCUT2D eigenvalue weighted by Crippen LogP contribution is -2.30. The van der Waals surface area contributed by atoms with Crippen molar-refractivity contribution in [3.8, 4) is 0 Å². The van der Waals surface area contributed by atoms with Crippen molar-refractivity contribution in [3.63, 3.8) is 0 Å². The number of anilines is 2. The van der Waals surface area contributed by atoms with Crippen molar-refractivity contribution in [2.75, 3.05) is 16.8 Å². The molecular weight excluding hydrogens is 353 g/mol. The normalized spacial score (nSPS) is 21.6. The summed E-state index contributed by atoms with van der Waals surface area (Å²) >= 11 is 0. The Labute approximate surface area is 153 Å². The molecule has 5 rings (SSSR count). The van der Waals surface area contributed by atoms with Crippen molar-refractivity contribution in [2.45, 2.75) is 44.2 Å². The number of amides is 1. The van der Waals surface area contributed by atoms with E-state index in [1.165, 1.54) is 6.20 Å². The molecule has 2 N–H and O–H groups in total. The van der Waals surface area contributed by atoms with Gasteiger partial charge < -0.3 is 19.9 Å². The van der Waals surface area contributed by atoms with Gasteiger partial charge in [-0.1, -0.05) is 0 Å². The molecule has 1 saturated heterocycles. The van der Waals surface area contributed by atoms with E-state index in [0.29, 0.717) is 23.4 Å². The van der Waals surface area contributed by atoms with Gasteiger partial charge >= 0.3 is 5.97 Å². The highest BCUT2D eigenvalue weighted by Gasteiger charge is 2.37. The zero-order valence-electron chi connectivity index (χ0n) is 14.5. The highest BCUT2D eigenvalue weighted by Crippen LogP contribution is 2.45. The number of benzene rings is 1. The van der Waals surface area contributed by atoms with Gasteiger partial charge in [0.2, 0.25) is 11.3 Å². The van der Waals surface area contributed by atoms with Gasteiger partial charge in [0, 0.05) is 31.2 Å². The molecular formula is C19H18FN3O4. The lowest BCUT2D eigenvalue weighted by Gasteiger charge is -2.26.